The molecule has 214 valence electrons. The van der Waals surface area contributed by atoms with Crippen LogP contribution in [0.4, 0.5) is 4.79 Å². The van der Waals surface area contributed by atoms with Crippen LogP contribution >= 0.6 is 12.6 Å². The number of ketones is 1. The predicted molar refractivity (Wildman–Crippen MR) is 142 cm³/mol. The van der Waals surface area contributed by atoms with Crippen molar-refractivity contribution in [2.45, 2.75) is 70.6 Å². The van der Waals surface area contributed by atoms with E-state index in [2.05, 4.69) is 17.9 Å². The average molecular weight is 540 g/mol. The first kappa shape index (κ1) is 36.9. The van der Waals surface area contributed by atoms with Crippen LogP contribution < -0.4 is 5.32 Å². The van der Waals surface area contributed by atoms with Crippen LogP contribution in [-0.2, 0) is 38.0 Å². The van der Waals surface area contributed by atoms with E-state index >= 15 is 0 Å². The quantitative estimate of drug-likeness (QED) is 0.145. The summed E-state index contributed by atoms with van der Waals surface area (Å²) >= 11 is 4.45. The second-order valence-electron chi connectivity index (χ2n) is 7.64. The van der Waals surface area contributed by atoms with Crippen molar-refractivity contribution in [2.75, 3.05) is 73.2 Å². The fourth-order valence-corrected chi connectivity index (χ4v) is 3.09. The van der Waals surface area contributed by atoms with E-state index in [1.54, 1.807) is 7.11 Å². The molecule has 0 heterocycles. The van der Waals surface area contributed by atoms with Crippen LogP contribution in [0, 0.1) is 0 Å². The van der Waals surface area contributed by atoms with Crippen molar-refractivity contribution in [2.24, 2.45) is 0 Å². The van der Waals surface area contributed by atoms with Gasteiger partial charge in [-0.15, -0.1) is 0 Å². The molecule has 1 rings (SSSR count). The van der Waals surface area contributed by atoms with Crippen LogP contribution in [0.1, 0.15) is 59.3 Å². The molecule has 1 saturated carbocycles. The molecule has 0 unspecified atom stereocenters. The fourth-order valence-electron chi connectivity index (χ4n) is 2.79. The standard InChI is InChI=1S/C18H35NO7S.C5H8O2.C2H6/c1-21-6-7-22-8-9-23-10-11-24-12-13-25-14-15-26-18(20)19-16-2-4-17(27)5-3-16;1-5(7)3-2-4-6;1-2/h16-17,27H,2-15H2,1H3,(H,19,20);4H,2-3H2,1H3;1-2H3. The molecule has 0 radical (unpaired) electrons. The van der Waals surface area contributed by atoms with Gasteiger partial charge in [0, 0.05) is 31.2 Å². The number of nitrogens with one attached hydrogen (secondary N) is 1. The zero-order chi connectivity index (χ0) is 27.3. The largest absolute Gasteiger partial charge is 0.447 e. The number of aldehydes is 1. The first-order valence-electron chi connectivity index (χ1n) is 12.8. The van der Waals surface area contributed by atoms with Crippen molar-refractivity contribution in [3.05, 3.63) is 0 Å². The molecule has 0 spiro atoms. The Labute approximate surface area is 222 Å². The van der Waals surface area contributed by atoms with E-state index in [0.29, 0.717) is 77.6 Å². The fraction of sp³-hybridized carbons (Fsp3) is 0.880. The third-order valence-electron chi connectivity index (χ3n) is 4.64. The Hall–Kier alpha value is -1.24. The second-order valence-corrected chi connectivity index (χ2v) is 8.37. The van der Waals surface area contributed by atoms with Gasteiger partial charge in [0.1, 0.15) is 18.7 Å². The number of ether oxygens (including phenoxy) is 6. The van der Waals surface area contributed by atoms with Gasteiger partial charge in [-0.05, 0) is 32.6 Å². The van der Waals surface area contributed by atoms with Crippen molar-refractivity contribution >= 4 is 30.8 Å². The molecule has 0 aromatic rings. The molecule has 0 bridgehead atoms. The summed E-state index contributed by atoms with van der Waals surface area (Å²) in [6, 6.07) is 0.203. The number of carbonyl (C=O) groups is 3. The van der Waals surface area contributed by atoms with E-state index in [0.717, 1.165) is 32.0 Å². The third-order valence-corrected chi connectivity index (χ3v) is 5.16. The SMILES string of the molecule is CC.CC(=O)CCC=O.COCCOCCOCCOCCOCCOC(=O)NC1CCC(S)CC1. The zero-order valence-corrected chi connectivity index (χ0v) is 23.6. The summed E-state index contributed by atoms with van der Waals surface area (Å²) in [7, 11) is 1.64. The Bertz CT molecular complexity index is 504. The number of rotatable bonds is 19. The maximum absolute atomic E-state index is 11.7. The van der Waals surface area contributed by atoms with Gasteiger partial charge in [-0.2, -0.15) is 12.6 Å². The molecule has 0 saturated heterocycles. The number of hydrogen-bond donors (Lipinski definition) is 2. The van der Waals surface area contributed by atoms with Crippen LogP contribution in [0.25, 0.3) is 0 Å². The first-order valence-corrected chi connectivity index (χ1v) is 13.4. The van der Waals surface area contributed by atoms with Gasteiger partial charge in [0.25, 0.3) is 0 Å². The molecule has 0 aliphatic heterocycles. The third kappa shape index (κ3) is 29.0. The summed E-state index contributed by atoms with van der Waals surface area (Å²) in [4.78, 5) is 31.3. The summed E-state index contributed by atoms with van der Waals surface area (Å²) in [6.07, 6.45) is 5.12. The number of hydrogen-bond acceptors (Lipinski definition) is 10. The lowest BCUT2D eigenvalue weighted by Crippen LogP contribution is -2.38. The molecule has 1 amide bonds. The maximum Gasteiger partial charge on any atom is 0.407 e. The highest BCUT2D eigenvalue weighted by atomic mass is 32.1. The van der Waals surface area contributed by atoms with E-state index in [1.807, 2.05) is 13.8 Å². The van der Waals surface area contributed by atoms with E-state index in [1.165, 1.54) is 6.92 Å². The molecule has 0 aromatic heterocycles. The van der Waals surface area contributed by atoms with E-state index in [-0.39, 0.29) is 24.5 Å². The van der Waals surface area contributed by atoms with Gasteiger partial charge in [-0.1, -0.05) is 13.8 Å². The topological polar surface area (TPSA) is 119 Å². The van der Waals surface area contributed by atoms with Crippen molar-refractivity contribution in [3.8, 4) is 0 Å². The van der Waals surface area contributed by atoms with Crippen LogP contribution in [0.5, 0.6) is 0 Å². The van der Waals surface area contributed by atoms with Crippen molar-refractivity contribution in [1.82, 2.24) is 5.32 Å². The van der Waals surface area contributed by atoms with Gasteiger partial charge < -0.3 is 43.3 Å². The molecule has 1 N–H and O–H groups in total. The number of carbonyl (C=O) groups excluding carboxylic acids is 3. The highest BCUT2D eigenvalue weighted by Crippen LogP contribution is 2.22. The summed E-state index contributed by atoms with van der Waals surface area (Å²) in [5, 5.41) is 3.34. The molecular weight excluding hydrogens is 490 g/mol. The van der Waals surface area contributed by atoms with E-state index in [9.17, 15) is 14.4 Å². The lowest BCUT2D eigenvalue weighted by atomic mass is 9.95. The highest BCUT2D eigenvalue weighted by molar-refractivity contribution is 7.80. The number of alkyl carbamates (subject to hydrolysis) is 1. The van der Waals surface area contributed by atoms with Crippen molar-refractivity contribution in [3.63, 3.8) is 0 Å². The second kappa shape index (κ2) is 30.0. The van der Waals surface area contributed by atoms with Crippen molar-refractivity contribution < 1.29 is 42.8 Å². The Morgan fingerprint density at radius 3 is 1.64 bits per heavy atom. The maximum atomic E-state index is 11.7. The van der Waals surface area contributed by atoms with Crippen LogP contribution in [0.15, 0.2) is 0 Å². The summed E-state index contributed by atoms with van der Waals surface area (Å²) in [6.45, 7) is 10.3. The van der Waals surface area contributed by atoms with Gasteiger partial charge in [0.15, 0.2) is 0 Å². The van der Waals surface area contributed by atoms with Gasteiger partial charge in [-0.3, -0.25) is 0 Å². The first-order chi connectivity index (χ1) is 17.5. The molecule has 0 aromatic carbocycles. The minimum absolute atomic E-state index is 0.0760. The van der Waals surface area contributed by atoms with Gasteiger partial charge in [-0.25, -0.2) is 4.79 Å². The Morgan fingerprint density at radius 1 is 0.806 bits per heavy atom. The smallest absolute Gasteiger partial charge is 0.407 e. The van der Waals surface area contributed by atoms with E-state index in [4.69, 9.17) is 28.4 Å². The molecule has 0 atom stereocenters. The predicted octanol–water partition coefficient (Wildman–Crippen LogP) is 3.25. The van der Waals surface area contributed by atoms with Crippen LogP contribution in [-0.4, -0.2) is 103 Å². The van der Waals surface area contributed by atoms with Gasteiger partial charge in [0.05, 0.1) is 59.5 Å². The molecule has 10 nitrogen and oxygen atoms in total. The van der Waals surface area contributed by atoms with Crippen LogP contribution in [0.3, 0.4) is 0 Å². The van der Waals surface area contributed by atoms with Gasteiger partial charge >= 0.3 is 6.09 Å². The molecule has 36 heavy (non-hydrogen) atoms. The molecule has 11 heteroatoms. The number of amides is 1. The van der Waals surface area contributed by atoms with Crippen LogP contribution in [0.2, 0.25) is 0 Å². The lowest BCUT2D eigenvalue weighted by molar-refractivity contribution is -0.118. The Balaban J connectivity index is 0. The molecular formula is C25H49NO9S. The number of methoxy groups -OCH3 is 1. The van der Waals surface area contributed by atoms with Crippen molar-refractivity contribution in [1.29, 1.82) is 0 Å². The molecule has 1 aliphatic rings. The van der Waals surface area contributed by atoms with E-state index < -0.39 is 0 Å². The highest BCUT2D eigenvalue weighted by Gasteiger charge is 2.20. The molecule has 1 aliphatic carbocycles. The molecule has 1 fully saturated rings. The number of Topliss-reactive ketones (excluding diaryl/α,β-unsaturated/α-hetero) is 1. The minimum Gasteiger partial charge on any atom is -0.447 e. The summed E-state index contributed by atoms with van der Waals surface area (Å²) in [5.74, 6) is 0.0760. The number of thiol groups is 1. The summed E-state index contributed by atoms with van der Waals surface area (Å²) < 4.78 is 31.3. The lowest BCUT2D eigenvalue weighted by Gasteiger charge is -2.26. The normalized spacial score (nSPS) is 16.6. The minimum atomic E-state index is -0.374. The monoisotopic (exact) mass is 539 g/mol. The average Bonchev–Trinajstić information content (AvgIpc) is 2.88. The zero-order valence-electron chi connectivity index (χ0n) is 22.7. The Kier molecular flexibility index (Phi) is 30.7. The van der Waals surface area contributed by atoms with Gasteiger partial charge in [0.2, 0.25) is 0 Å². The summed E-state index contributed by atoms with van der Waals surface area (Å²) in [5.41, 5.74) is 0. The Morgan fingerprint density at radius 2 is 1.25 bits per heavy atom.